The highest BCUT2D eigenvalue weighted by Gasteiger charge is 2.59. The molecule has 26 atom stereocenters. The fourth-order valence-electron chi connectivity index (χ4n) is 14.5. The average molecular weight is 2180 g/mol. The van der Waals surface area contributed by atoms with Crippen LogP contribution >= 0.6 is 90.4 Å². The standard InChI is InChI=1S/C87H106I4O31Si/c1-46-57(109-84-70(91)78(119-82(99)56-32-24-17-25-33-56)74(64(111-84)45-105-51(6)95)121-86-69(90)76(115-66-39-37-58(47(2)108-66)122-123(12,13)87(7,8)9)72(62(113-86)43-103-49(4)93)117-80(97)54-28-20-15-21-29-54)36-38-65(107-46)114-75-68(89)85(112-61(42-102-48(3)92)71(75)116-79(96)53-26-18-14-19-27-53)120-73-63(44-104-50(5)94)110-83(106-41-52-34-35-59(100-10)60(40-52)101-11)67(88)77(73)118-81(98)55-30-22-16-23-31-55/h14-35,40,46-47,57-58,61-78,83-86H,36-39,41-45H2,1-13H3/t46-,47-,57-,58-,61+,62+,63+,64+,65-,66-,67+,68+,69+,70+,71+,72+,73+,74+,75+,76+,77+,78+,83+,84+,85-,86-/m0/s1. The van der Waals surface area contributed by atoms with Gasteiger partial charge in [-0.1, -0.05) is 190 Å². The highest BCUT2D eigenvalue weighted by atomic mass is 127. The van der Waals surface area contributed by atoms with Gasteiger partial charge in [0.1, 0.15) is 95.3 Å². The van der Waals surface area contributed by atoms with Crippen molar-refractivity contribution < 1.29 is 147 Å². The molecule has 672 valence electrons. The molecule has 6 aliphatic rings. The summed E-state index contributed by atoms with van der Waals surface area (Å²) >= 11 is 8.31. The maximum absolute atomic E-state index is 14.7. The van der Waals surface area contributed by atoms with Crippen molar-refractivity contribution in [2.24, 2.45) is 0 Å². The van der Waals surface area contributed by atoms with Gasteiger partial charge >= 0.3 is 47.8 Å². The molecule has 6 aliphatic heterocycles. The number of halogens is 4. The lowest BCUT2D eigenvalue weighted by molar-refractivity contribution is -0.341. The number of methoxy groups -OCH3 is 2. The first-order chi connectivity index (χ1) is 58.7. The van der Waals surface area contributed by atoms with Gasteiger partial charge in [-0.15, -0.1) is 0 Å². The topological polar surface area (TPSA) is 349 Å². The van der Waals surface area contributed by atoms with Crippen molar-refractivity contribution in [3.05, 3.63) is 167 Å². The Morgan fingerprint density at radius 2 is 0.707 bits per heavy atom. The molecular weight excluding hydrogens is 2080 g/mol. The van der Waals surface area contributed by atoms with Crippen LogP contribution in [-0.2, 0) is 125 Å². The maximum Gasteiger partial charge on any atom is 0.338 e. The first kappa shape index (κ1) is 97.7. The third-order valence-corrected chi connectivity index (χ3v) is 31.6. The number of alkyl halides is 4. The van der Waals surface area contributed by atoms with Crippen LogP contribution < -0.4 is 9.47 Å². The van der Waals surface area contributed by atoms with Crippen LogP contribution in [-0.4, -0.2) is 248 Å². The molecule has 123 heavy (non-hydrogen) atoms. The molecule has 0 saturated carbocycles. The van der Waals surface area contributed by atoms with Crippen LogP contribution in [0.3, 0.4) is 0 Å². The van der Waals surface area contributed by atoms with Gasteiger partial charge in [-0.2, -0.15) is 0 Å². The van der Waals surface area contributed by atoms with Gasteiger partial charge in [0, 0.05) is 40.5 Å². The molecule has 31 nitrogen and oxygen atoms in total. The van der Waals surface area contributed by atoms with Gasteiger partial charge in [0.05, 0.1) is 75.3 Å². The Balaban J connectivity index is 0.879. The van der Waals surface area contributed by atoms with Gasteiger partial charge in [0.2, 0.25) is 0 Å². The summed E-state index contributed by atoms with van der Waals surface area (Å²) < 4.78 is 145. The van der Waals surface area contributed by atoms with Crippen molar-refractivity contribution in [3.8, 4) is 11.5 Å². The Morgan fingerprint density at radius 1 is 0.382 bits per heavy atom. The Hall–Kier alpha value is -5.92. The molecule has 0 aliphatic carbocycles. The van der Waals surface area contributed by atoms with Crippen molar-refractivity contribution in [3.63, 3.8) is 0 Å². The third-order valence-electron chi connectivity index (χ3n) is 21.9. The van der Waals surface area contributed by atoms with Gasteiger partial charge in [0.15, 0.2) is 69.8 Å². The molecule has 6 saturated heterocycles. The zero-order valence-electron chi connectivity index (χ0n) is 70.3. The molecule has 5 aromatic rings. The van der Waals surface area contributed by atoms with Gasteiger partial charge in [-0.25, -0.2) is 19.2 Å². The zero-order valence-corrected chi connectivity index (χ0v) is 80.0. The lowest BCUT2D eigenvalue weighted by atomic mass is 9.98. The number of hydrogen-bond acceptors (Lipinski definition) is 31. The fraction of sp³-hybridized carbons (Fsp3) is 0.563. The first-order valence-electron chi connectivity index (χ1n) is 40.5. The number of rotatable bonds is 33. The Morgan fingerprint density at radius 3 is 1.06 bits per heavy atom. The highest BCUT2D eigenvalue weighted by molar-refractivity contribution is 14.1. The number of benzene rings is 5. The summed E-state index contributed by atoms with van der Waals surface area (Å²) in [6.07, 6.45) is -23.9. The molecule has 0 radical (unpaired) electrons. The van der Waals surface area contributed by atoms with Crippen LogP contribution in [0.2, 0.25) is 18.1 Å². The second-order valence-electron chi connectivity index (χ2n) is 31.8. The monoisotopic (exact) mass is 2180 g/mol. The minimum atomic E-state index is -2.27. The number of esters is 8. The van der Waals surface area contributed by atoms with E-state index < -0.39 is 227 Å². The van der Waals surface area contributed by atoms with E-state index in [0.29, 0.717) is 29.9 Å². The van der Waals surface area contributed by atoms with Crippen LogP contribution in [0.1, 0.15) is 135 Å². The third kappa shape index (κ3) is 26.2. The lowest BCUT2D eigenvalue weighted by Crippen LogP contribution is -2.65. The van der Waals surface area contributed by atoms with Gasteiger partial charge in [-0.05, 0) is 111 Å². The van der Waals surface area contributed by atoms with Crippen molar-refractivity contribution in [2.75, 3.05) is 40.6 Å². The number of carbonyl (C=O) groups excluding carboxylic acids is 8. The van der Waals surface area contributed by atoms with E-state index in [1.807, 2.05) is 6.92 Å². The van der Waals surface area contributed by atoms with E-state index in [-0.39, 0.29) is 52.8 Å². The van der Waals surface area contributed by atoms with E-state index in [4.69, 9.17) is 109 Å². The van der Waals surface area contributed by atoms with Gasteiger partial charge in [-0.3, -0.25) is 19.2 Å². The van der Waals surface area contributed by atoms with Crippen molar-refractivity contribution in [1.29, 1.82) is 0 Å². The van der Waals surface area contributed by atoms with E-state index in [2.05, 4.69) is 124 Å². The minimum Gasteiger partial charge on any atom is -0.493 e. The van der Waals surface area contributed by atoms with Crippen LogP contribution in [0.5, 0.6) is 11.5 Å². The zero-order chi connectivity index (χ0) is 88.6. The van der Waals surface area contributed by atoms with Gasteiger partial charge < -0.3 is 109 Å². The molecule has 0 unspecified atom stereocenters. The van der Waals surface area contributed by atoms with E-state index in [1.165, 1.54) is 41.9 Å². The normalized spacial score (nSPS) is 31.6. The van der Waals surface area contributed by atoms with Crippen LogP contribution in [0.4, 0.5) is 0 Å². The SMILES string of the molecule is COc1ccc(CO[C@@H]2O[C@H](COC(C)=O)[C@@H](O[C@@H]3O[C@H](COC(C)=O)[C@@H](OC(=O)c4ccccc4)[C@H](O[C@H]4CC[C@H](O[C@@H]5O[C@H](COC(C)=O)[C@@H](O[C@@H]6O[C@H](COC(C)=O)[C@@H](OC(=O)c7ccccc7)[C@H](O[C@H]7CC[C@H](O[Si](C)(C)C(C)(C)C)[C@H](C)O7)[C@H]6I)[C@H](OC(=O)c6ccccc6)[C@H]5I)[C@H](C)O4)[C@H]3I)[C@H](OC(=O)c3ccccc3)[C@H]2I)cc1OC. The summed E-state index contributed by atoms with van der Waals surface area (Å²) in [5.41, 5.74) is 1.44. The number of ether oxygens (including phenoxy) is 22. The second kappa shape index (κ2) is 45.4. The van der Waals surface area contributed by atoms with Crippen LogP contribution in [0, 0.1) is 0 Å². The number of carbonyl (C=O) groups is 8. The molecule has 0 aromatic heterocycles. The van der Waals surface area contributed by atoms with E-state index in [1.54, 1.807) is 146 Å². The molecule has 0 spiro atoms. The molecule has 36 heteroatoms. The molecule has 6 heterocycles. The quantitative estimate of drug-likeness (QED) is 0.0124. The Bertz CT molecular complexity index is 4310. The summed E-state index contributed by atoms with van der Waals surface area (Å²) in [5, 5.41) is -0.0866. The Kier molecular flexibility index (Phi) is 36.0. The minimum absolute atomic E-state index is 0.0370. The smallest absolute Gasteiger partial charge is 0.338 e. The molecule has 11 rings (SSSR count). The number of hydrogen-bond donors (Lipinski definition) is 0. The molecule has 0 N–H and O–H groups in total. The molecule has 0 bridgehead atoms. The fourth-order valence-corrected chi connectivity index (χ4v) is 19.5. The Labute approximate surface area is 770 Å². The summed E-state index contributed by atoms with van der Waals surface area (Å²) in [6, 6.07) is 38.3. The van der Waals surface area contributed by atoms with Crippen molar-refractivity contribution >= 4 is 146 Å². The summed E-state index contributed by atoms with van der Waals surface area (Å²) in [6.45, 7) is 17.5. The van der Waals surface area contributed by atoms with E-state index in [9.17, 15) is 38.4 Å². The largest absolute Gasteiger partial charge is 0.493 e. The summed E-state index contributed by atoms with van der Waals surface area (Å²) in [7, 11) is 0.753. The molecule has 0 amide bonds. The average Bonchev–Trinajstić information content (AvgIpc) is 0.768. The first-order valence-corrected chi connectivity index (χ1v) is 48.4. The molecule has 5 aromatic carbocycles. The maximum atomic E-state index is 14.7. The van der Waals surface area contributed by atoms with Crippen molar-refractivity contribution in [2.45, 2.75) is 264 Å². The summed E-state index contributed by atoms with van der Waals surface area (Å²) in [5.74, 6) is -4.80. The van der Waals surface area contributed by atoms with E-state index >= 15 is 0 Å². The molecular formula is C87H106I4O31Si. The molecule has 6 fully saturated rings. The van der Waals surface area contributed by atoms with Gasteiger partial charge in [0.25, 0.3) is 0 Å². The predicted molar refractivity (Wildman–Crippen MR) is 473 cm³/mol. The lowest BCUT2D eigenvalue weighted by Gasteiger charge is -2.50. The highest BCUT2D eigenvalue weighted by Crippen LogP contribution is 2.45. The van der Waals surface area contributed by atoms with Crippen LogP contribution in [0.15, 0.2) is 140 Å². The van der Waals surface area contributed by atoms with E-state index in [0.717, 1.165) is 0 Å². The predicted octanol–water partition coefficient (Wildman–Crippen LogP) is 12.9. The second-order valence-corrected chi connectivity index (χ2v) is 42.3. The van der Waals surface area contributed by atoms with Crippen LogP contribution in [0.25, 0.3) is 0 Å². The van der Waals surface area contributed by atoms with Crippen molar-refractivity contribution in [1.82, 2.24) is 0 Å². The summed E-state index contributed by atoms with van der Waals surface area (Å²) in [4.78, 5) is 109.